The lowest BCUT2D eigenvalue weighted by atomic mass is 10.0. The Bertz CT molecular complexity index is 804. The van der Waals surface area contributed by atoms with Crippen molar-refractivity contribution in [3.63, 3.8) is 0 Å². The van der Waals surface area contributed by atoms with Crippen molar-refractivity contribution in [3.8, 4) is 0 Å². The minimum absolute atomic E-state index is 0.175. The number of anilines is 1. The van der Waals surface area contributed by atoms with Crippen LogP contribution in [0.1, 0.15) is 24.0 Å². The first-order chi connectivity index (χ1) is 12.6. The molecule has 3 rings (SSSR count). The van der Waals surface area contributed by atoms with Gasteiger partial charge in [-0.2, -0.15) is 0 Å². The van der Waals surface area contributed by atoms with E-state index in [-0.39, 0.29) is 12.5 Å². The number of nitrogens with one attached hydrogen (secondary N) is 2. The third kappa shape index (κ3) is 4.69. The van der Waals surface area contributed by atoms with E-state index in [0.29, 0.717) is 24.9 Å². The van der Waals surface area contributed by atoms with Crippen molar-refractivity contribution < 1.29 is 19.1 Å². The molecule has 0 spiro atoms. The number of hydrogen-bond donors (Lipinski definition) is 2. The Morgan fingerprint density at radius 2 is 1.81 bits per heavy atom. The standard InChI is InChI=1S/C20H20N2O4/c23-18-11-10-17(22-18)20(25)26-13-19(24)21-16-9-5-4-8-15(16)12-14-6-2-1-3-7-14/h1-9,17H,10-13H2,(H,21,24)(H,22,23)/t17-/m1/s1. The molecule has 2 aromatic carbocycles. The molecule has 2 amide bonds. The molecule has 26 heavy (non-hydrogen) atoms. The quantitative estimate of drug-likeness (QED) is 0.779. The zero-order valence-electron chi connectivity index (χ0n) is 14.2. The normalized spacial score (nSPS) is 16.0. The predicted octanol–water partition coefficient (Wildman–Crippen LogP) is 2.04. The van der Waals surface area contributed by atoms with Gasteiger partial charge in [0.1, 0.15) is 6.04 Å². The van der Waals surface area contributed by atoms with Gasteiger partial charge in [0.05, 0.1) is 0 Å². The highest BCUT2D eigenvalue weighted by Gasteiger charge is 2.28. The van der Waals surface area contributed by atoms with Crippen LogP contribution in [0.2, 0.25) is 0 Å². The Hall–Kier alpha value is -3.15. The van der Waals surface area contributed by atoms with Crippen molar-refractivity contribution in [1.82, 2.24) is 5.32 Å². The highest BCUT2D eigenvalue weighted by atomic mass is 16.5. The van der Waals surface area contributed by atoms with Gasteiger partial charge in [-0.1, -0.05) is 48.5 Å². The Morgan fingerprint density at radius 3 is 2.54 bits per heavy atom. The fourth-order valence-corrected chi connectivity index (χ4v) is 2.83. The average Bonchev–Trinajstić information content (AvgIpc) is 3.09. The lowest BCUT2D eigenvalue weighted by Crippen LogP contribution is -2.36. The van der Waals surface area contributed by atoms with Crippen LogP contribution in [0, 0.1) is 0 Å². The summed E-state index contributed by atoms with van der Waals surface area (Å²) in [6.07, 6.45) is 1.39. The second-order valence-corrected chi connectivity index (χ2v) is 6.13. The Morgan fingerprint density at radius 1 is 1.08 bits per heavy atom. The zero-order valence-corrected chi connectivity index (χ0v) is 14.2. The van der Waals surface area contributed by atoms with Crippen LogP contribution < -0.4 is 10.6 Å². The molecule has 2 N–H and O–H groups in total. The Labute approximate surface area is 151 Å². The summed E-state index contributed by atoms with van der Waals surface area (Å²) in [6.45, 7) is -0.384. The maximum absolute atomic E-state index is 12.1. The van der Waals surface area contributed by atoms with Gasteiger partial charge in [0, 0.05) is 12.1 Å². The van der Waals surface area contributed by atoms with Crippen molar-refractivity contribution in [3.05, 3.63) is 65.7 Å². The lowest BCUT2D eigenvalue weighted by Gasteiger charge is -2.13. The molecular weight excluding hydrogens is 332 g/mol. The molecule has 1 heterocycles. The van der Waals surface area contributed by atoms with Crippen LogP contribution in [-0.2, 0) is 25.5 Å². The lowest BCUT2D eigenvalue weighted by molar-refractivity contribution is -0.149. The number of amides is 2. The van der Waals surface area contributed by atoms with Crippen LogP contribution in [0.3, 0.4) is 0 Å². The molecule has 1 atom stereocenters. The van der Waals surface area contributed by atoms with Crippen LogP contribution in [0.4, 0.5) is 5.69 Å². The number of ether oxygens (including phenoxy) is 1. The van der Waals surface area contributed by atoms with Gasteiger partial charge >= 0.3 is 5.97 Å². The number of carbonyl (C=O) groups is 3. The molecule has 0 radical (unpaired) electrons. The fraction of sp³-hybridized carbons (Fsp3) is 0.250. The van der Waals surface area contributed by atoms with E-state index in [1.807, 2.05) is 54.6 Å². The third-order valence-electron chi connectivity index (χ3n) is 4.15. The van der Waals surface area contributed by atoms with E-state index in [1.165, 1.54) is 0 Å². The van der Waals surface area contributed by atoms with Crippen LogP contribution >= 0.6 is 0 Å². The molecule has 6 nitrogen and oxygen atoms in total. The molecule has 6 heteroatoms. The zero-order chi connectivity index (χ0) is 18.4. The van der Waals surface area contributed by atoms with Crippen molar-refractivity contribution in [2.75, 3.05) is 11.9 Å². The summed E-state index contributed by atoms with van der Waals surface area (Å²) in [5.74, 6) is -1.17. The van der Waals surface area contributed by atoms with Gasteiger partial charge in [-0.25, -0.2) is 4.79 Å². The van der Waals surface area contributed by atoms with E-state index >= 15 is 0 Å². The molecule has 1 fully saturated rings. The van der Waals surface area contributed by atoms with Gasteiger partial charge in [0.2, 0.25) is 5.91 Å². The van der Waals surface area contributed by atoms with Gasteiger partial charge in [0.15, 0.2) is 6.61 Å². The highest BCUT2D eigenvalue weighted by Crippen LogP contribution is 2.19. The SMILES string of the molecule is O=C(COC(=O)[C@H]1CCC(=O)N1)Nc1ccccc1Cc1ccccc1. The maximum atomic E-state index is 12.1. The second kappa shape index (κ2) is 8.29. The predicted molar refractivity (Wildman–Crippen MR) is 96.4 cm³/mol. The van der Waals surface area contributed by atoms with Gasteiger partial charge in [-0.05, 0) is 30.0 Å². The van der Waals surface area contributed by atoms with E-state index in [9.17, 15) is 14.4 Å². The van der Waals surface area contributed by atoms with Gasteiger partial charge in [-0.3, -0.25) is 9.59 Å². The Kier molecular flexibility index (Phi) is 5.63. The fourth-order valence-electron chi connectivity index (χ4n) is 2.83. The number of esters is 1. The summed E-state index contributed by atoms with van der Waals surface area (Å²) in [6, 6.07) is 16.8. The number of rotatable bonds is 6. The summed E-state index contributed by atoms with van der Waals surface area (Å²) < 4.78 is 5.00. The molecule has 0 bridgehead atoms. The van der Waals surface area contributed by atoms with E-state index in [4.69, 9.17) is 4.74 Å². The molecule has 2 aromatic rings. The number of para-hydroxylation sites is 1. The van der Waals surface area contributed by atoms with Gasteiger partial charge in [-0.15, -0.1) is 0 Å². The second-order valence-electron chi connectivity index (χ2n) is 6.13. The van der Waals surface area contributed by atoms with Crippen LogP contribution in [-0.4, -0.2) is 30.4 Å². The summed E-state index contributed by atoms with van der Waals surface area (Å²) in [4.78, 5) is 35.1. The van der Waals surface area contributed by atoms with Crippen LogP contribution in [0.25, 0.3) is 0 Å². The van der Waals surface area contributed by atoms with E-state index < -0.39 is 17.9 Å². The smallest absolute Gasteiger partial charge is 0.329 e. The molecular formula is C20H20N2O4. The molecule has 0 aliphatic carbocycles. The minimum atomic E-state index is -0.652. The minimum Gasteiger partial charge on any atom is -0.454 e. The third-order valence-corrected chi connectivity index (χ3v) is 4.15. The first-order valence-electron chi connectivity index (χ1n) is 8.49. The van der Waals surface area contributed by atoms with E-state index in [0.717, 1.165) is 11.1 Å². The molecule has 0 unspecified atom stereocenters. The molecule has 0 aromatic heterocycles. The van der Waals surface area contributed by atoms with Gasteiger partial charge < -0.3 is 15.4 Å². The molecule has 1 aliphatic rings. The van der Waals surface area contributed by atoms with Gasteiger partial charge in [0.25, 0.3) is 5.91 Å². The maximum Gasteiger partial charge on any atom is 0.329 e. The van der Waals surface area contributed by atoms with E-state index in [2.05, 4.69) is 10.6 Å². The van der Waals surface area contributed by atoms with Crippen molar-refractivity contribution in [2.45, 2.75) is 25.3 Å². The summed E-state index contributed by atoms with van der Waals surface area (Å²) in [5.41, 5.74) is 2.80. The monoisotopic (exact) mass is 352 g/mol. The van der Waals surface area contributed by atoms with Crippen LogP contribution in [0.15, 0.2) is 54.6 Å². The first kappa shape index (κ1) is 17.7. The number of benzene rings is 2. The van der Waals surface area contributed by atoms with Crippen LogP contribution in [0.5, 0.6) is 0 Å². The van der Waals surface area contributed by atoms with Crippen molar-refractivity contribution in [1.29, 1.82) is 0 Å². The summed E-state index contributed by atoms with van der Waals surface area (Å²) >= 11 is 0. The molecule has 134 valence electrons. The number of hydrogen-bond acceptors (Lipinski definition) is 4. The molecule has 0 saturated carbocycles. The summed E-state index contributed by atoms with van der Waals surface area (Å²) in [7, 11) is 0. The first-order valence-corrected chi connectivity index (χ1v) is 8.49. The largest absolute Gasteiger partial charge is 0.454 e. The molecule has 1 aliphatic heterocycles. The topological polar surface area (TPSA) is 84.5 Å². The molecule has 1 saturated heterocycles. The highest BCUT2D eigenvalue weighted by molar-refractivity contribution is 5.94. The van der Waals surface area contributed by atoms with E-state index in [1.54, 1.807) is 0 Å². The average molecular weight is 352 g/mol. The van der Waals surface area contributed by atoms with Crippen molar-refractivity contribution in [2.24, 2.45) is 0 Å². The van der Waals surface area contributed by atoms with Crippen molar-refractivity contribution >= 4 is 23.5 Å². The number of carbonyl (C=O) groups excluding carboxylic acids is 3. The summed E-state index contributed by atoms with van der Waals surface area (Å²) in [5, 5.41) is 5.30. The Balaban J connectivity index is 1.56.